The lowest BCUT2D eigenvalue weighted by Gasteiger charge is -2.21. The molecule has 0 radical (unpaired) electrons. The number of benzene rings is 1. The lowest BCUT2D eigenvalue weighted by molar-refractivity contribution is 0.308. The van der Waals surface area contributed by atoms with Crippen molar-refractivity contribution in [3.63, 3.8) is 0 Å². The molecule has 0 fully saturated rings. The Hall–Kier alpha value is -1.82. The highest BCUT2D eigenvalue weighted by molar-refractivity contribution is 7.90. The molecule has 1 aromatic carbocycles. The Bertz CT molecular complexity index is 729. The summed E-state index contributed by atoms with van der Waals surface area (Å²) in [6, 6.07) is 6.90. The molecule has 0 aliphatic heterocycles. The normalized spacial score (nSPS) is 12.4. The molecule has 2 rings (SSSR count). The van der Waals surface area contributed by atoms with Gasteiger partial charge in [0.1, 0.15) is 10.6 Å². The molecule has 0 amide bonds. The van der Waals surface area contributed by atoms with Gasteiger partial charge in [0.25, 0.3) is 10.0 Å². The van der Waals surface area contributed by atoms with Crippen molar-refractivity contribution in [2.75, 3.05) is 6.61 Å². The Balaban J connectivity index is 2.59. The molecular weight excluding hydrogens is 300 g/mol. The molecule has 0 saturated heterocycles. The first-order valence-corrected chi connectivity index (χ1v) is 8.73. The van der Waals surface area contributed by atoms with Gasteiger partial charge >= 0.3 is 0 Å². The molecule has 0 unspecified atom stereocenters. The second-order valence-corrected chi connectivity index (χ2v) is 7.91. The number of aromatic nitrogens is 2. The minimum Gasteiger partial charge on any atom is -0.492 e. The van der Waals surface area contributed by atoms with E-state index in [0.717, 1.165) is 16.1 Å². The van der Waals surface area contributed by atoms with E-state index in [4.69, 9.17) is 4.74 Å². The maximum absolute atomic E-state index is 12.8. The van der Waals surface area contributed by atoms with Gasteiger partial charge in [-0.3, -0.25) is 0 Å². The van der Waals surface area contributed by atoms with E-state index in [2.05, 4.69) is 5.10 Å². The van der Waals surface area contributed by atoms with Gasteiger partial charge in [-0.25, -0.2) is 0 Å². The van der Waals surface area contributed by atoms with Crippen LogP contribution in [0.1, 0.15) is 39.7 Å². The predicted octanol–water partition coefficient (Wildman–Crippen LogP) is 3.21. The first-order chi connectivity index (χ1) is 10.3. The van der Waals surface area contributed by atoms with Crippen LogP contribution in [0.25, 0.3) is 0 Å². The van der Waals surface area contributed by atoms with Gasteiger partial charge in [0.15, 0.2) is 0 Å². The van der Waals surface area contributed by atoms with E-state index in [0.29, 0.717) is 12.4 Å². The van der Waals surface area contributed by atoms with E-state index in [9.17, 15) is 8.42 Å². The Kier molecular flexibility index (Phi) is 4.60. The zero-order chi connectivity index (χ0) is 16.4. The van der Waals surface area contributed by atoms with Crippen LogP contribution in [-0.2, 0) is 15.4 Å². The van der Waals surface area contributed by atoms with Crippen LogP contribution >= 0.6 is 0 Å². The summed E-state index contributed by atoms with van der Waals surface area (Å²) < 4.78 is 32.1. The SMILES string of the molecule is CCCOc1ccc(C(C)(C)C)cc1S(=O)(=O)n1cccn1. The van der Waals surface area contributed by atoms with Gasteiger partial charge in [-0.2, -0.15) is 17.6 Å². The summed E-state index contributed by atoms with van der Waals surface area (Å²) in [7, 11) is -3.76. The number of rotatable bonds is 5. The number of nitrogens with zero attached hydrogens (tertiary/aromatic N) is 2. The highest BCUT2D eigenvalue weighted by Crippen LogP contribution is 2.32. The summed E-state index contributed by atoms with van der Waals surface area (Å²) in [5.41, 5.74) is 0.777. The third-order valence-electron chi connectivity index (χ3n) is 3.28. The number of hydrogen-bond acceptors (Lipinski definition) is 4. The molecule has 0 aliphatic rings. The topological polar surface area (TPSA) is 61.2 Å². The molecule has 1 aromatic heterocycles. The van der Waals surface area contributed by atoms with Crippen LogP contribution in [0.5, 0.6) is 5.75 Å². The molecule has 0 atom stereocenters. The molecule has 0 N–H and O–H groups in total. The Labute approximate surface area is 132 Å². The second kappa shape index (κ2) is 6.12. The smallest absolute Gasteiger partial charge is 0.286 e. The van der Waals surface area contributed by atoms with E-state index < -0.39 is 10.0 Å². The van der Waals surface area contributed by atoms with E-state index >= 15 is 0 Å². The number of ether oxygens (including phenoxy) is 1. The third kappa shape index (κ3) is 3.32. The van der Waals surface area contributed by atoms with Crippen molar-refractivity contribution in [1.82, 2.24) is 9.19 Å². The first-order valence-electron chi connectivity index (χ1n) is 7.29. The molecule has 0 saturated carbocycles. The zero-order valence-electron chi connectivity index (χ0n) is 13.4. The quantitative estimate of drug-likeness (QED) is 0.848. The summed E-state index contributed by atoms with van der Waals surface area (Å²) in [4.78, 5) is 0.150. The molecule has 5 nitrogen and oxygen atoms in total. The Morgan fingerprint density at radius 1 is 1.27 bits per heavy atom. The van der Waals surface area contributed by atoms with Crippen LogP contribution in [0.3, 0.4) is 0 Å². The van der Waals surface area contributed by atoms with Gasteiger partial charge in [-0.05, 0) is 35.6 Å². The van der Waals surface area contributed by atoms with Gasteiger partial charge in [0.05, 0.1) is 12.8 Å². The highest BCUT2D eigenvalue weighted by Gasteiger charge is 2.25. The monoisotopic (exact) mass is 322 g/mol. The van der Waals surface area contributed by atoms with Gasteiger partial charge in [0.2, 0.25) is 0 Å². The summed E-state index contributed by atoms with van der Waals surface area (Å²) in [5, 5.41) is 3.85. The van der Waals surface area contributed by atoms with Crippen molar-refractivity contribution in [3.05, 3.63) is 42.2 Å². The molecule has 0 spiro atoms. The second-order valence-electron chi connectivity index (χ2n) is 6.14. The minimum atomic E-state index is -3.76. The maximum atomic E-state index is 12.8. The lowest BCUT2D eigenvalue weighted by Crippen LogP contribution is -2.18. The fraction of sp³-hybridized carbons (Fsp3) is 0.438. The van der Waals surface area contributed by atoms with Crippen LogP contribution in [-0.4, -0.2) is 24.2 Å². The van der Waals surface area contributed by atoms with Gasteiger partial charge < -0.3 is 4.74 Å². The molecule has 0 aliphatic carbocycles. The molecule has 0 bridgehead atoms. The minimum absolute atomic E-state index is 0.150. The third-order valence-corrected chi connectivity index (χ3v) is 4.86. The van der Waals surface area contributed by atoms with Crippen molar-refractivity contribution >= 4 is 10.0 Å². The van der Waals surface area contributed by atoms with Gasteiger partial charge in [-0.15, -0.1) is 0 Å². The van der Waals surface area contributed by atoms with Crippen LogP contribution in [0, 0.1) is 0 Å². The average Bonchev–Trinajstić information content (AvgIpc) is 2.98. The molecular formula is C16H22N2O3S. The summed E-state index contributed by atoms with van der Waals surface area (Å²) >= 11 is 0. The molecule has 22 heavy (non-hydrogen) atoms. The van der Waals surface area contributed by atoms with Gasteiger partial charge in [0, 0.05) is 6.20 Å². The maximum Gasteiger partial charge on any atom is 0.286 e. The van der Waals surface area contributed by atoms with Crippen molar-refractivity contribution < 1.29 is 13.2 Å². The first kappa shape index (κ1) is 16.5. The fourth-order valence-electron chi connectivity index (χ4n) is 2.01. The van der Waals surface area contributed by atoms with Crippen molar-refractivity contribution in [3.8, 4) is 5.75 Å². The van der Waals surface area contributed by atoms with E-state index in [1.54, 1.807) is 18.2 Å². The zero-order valence-corrected chi connectivity index (χ0v) is 14.2. The Morgan fingerprint density at radius 2 is 2.00 bits per heavy atom. The van der Waals surface area contributed by atoms with E-state index in [-0.39, 0.29) is 10.3 Å². The van der Waals surface area contributed by atoms with Crippen molar-refractivity contribution in [1.29, 1.82) is 0 Å². The molecule has 2 aromatic rings. The summed E-state index contributed by atoms with van der Waals surface area (Å²) in [6.45, 7) is 8.57. The molecule has 6 heteroatoms. The summed E-state index contributed by atoms with van der Waals surface area (Å²) in [6.07, 6.45) is 3.67. The molecule has 1 heterocycles. The lowest BCUT2D eigenvalue weighted by atomic mass is 9.87. The van der Waals surface area contributed by atoms with Gasteiger partial charge in [-0.1, -0.05) is 33.8 Å². The average molecular weight is 322 g/mol. The fourth-order valence-corrected chi connectivity index (χ4v) is 3.27. The van der Waals surface area contributed by atoms with E-state index in [1.807, 2.05) is 33.8 Å². The molecule has 120 valence electrons. The predicted molar refractivity (Wildman–Crippen MR) is 85.7 cm³/mol. The van der Waals surface area contributed by atoms with Crippen LogP contribution < -0.4 is 4.74 Å². The van der Waals surface area contributed by atoms with E-state index in [1.165, 1.54) is 12.4 Å². The van der Waals surface area contributed by atoms with Crippen LogP contribution in [0.4, 0.5) is 0 Å². The highest BCUT2D eigenvalue weighted by atomic mass is 32.2. The van der Waals surface area contributed by atoms with Crippen LogP contribution in [0.2, 0.25) is 0 Å². The van der Waals surface area contributed by atoms with Crippen LogP contribution in [0.15, 0.2) is 41.6 Å². The Morgan fingerprint density at radius 3 is 2.55 bits per heavy atom. The number of hydrogen-bond donors (Lipinski definition) is 0. The summed E-state index contributed by atoms with van der Waals surface area (Å²) in [5.74, 6) is 0.366. The standard InChI is InChI=1S/C16H22N2O3S/c1-5-11-21-14-8-7-13(16(2,3)4)12-15(14)22(19,20)18-10-6-9-17-18/h6-10,12H,5,11H2,1-4H3. The van der Waals surface area contributed by atoms with Crippen molar-refractivity contribution in [2.45, 2.75) is 44.4 Å². The largest absolute Gasteiger partial charge is 0.492 e. The van der Waals surface area contributed by atoms with Crippen molar-refractivity contribution in [2.24, 2.45) is 0 Å².